The van der Waals surface area contributed by atoms with Crippen LogP contribution in [0.15, 0.2) is 0 Å². The third kappa shape index (κ3) is 8.46. The minimum Gasteiger partial charge on any atom is -0.444 e. The molecular formula is C12H24NO6PS. The van der Waals surface area contributed by atoms with Gasteiger partial charge in [-0.1, -0.05) is 0 Å². The Kier molecular flexibility index (Phi) is 8.54. The van der Waals surface area contributed by atoms with Crippen LogP contribution >= 0.6 is 19.4 Å². The first-order valence-corrected chi connectivity index (χ1v) is 9.40. The van der Waals surface area contributed by atoms with Crippen LogP contribution in [-0.2, 0) is 23.1 Å². The van der Waals surface area contributed by atoms with Gasteiger partial charge in [-0.15, -0.1) is 0 Å². The van der Waals surface area contributed by atoms with E-state index in [2.05, 4.69) is 5.32 Å². The van der Waals surface area contributed by atoms with Crippen LogP contribution in [0, 0.1) is 0 Å². The summed E-state index contributed by atoms with van der Waals surface area (Å²) in [4.78, 5) is 23.9. The quantitative estimate of drug-likeness (QED) is 0.677. The van der Waals surface area contributed by atoms with Gasteiger partial charge in [-0.3, -0.25) is 9.36 Å². The Morgan fingerprint density at radius 2 is 1.76 bits per heavy atom. The van der Waals surface area contributed by atoms with Gasteiger partial charge < -0.3 is 19.1 Å². The highest BCUT2D eigenvalue weighted by molar-refractivity contribution is 7.98. The Balaban J connectivity index is 4.78. The Morgan fingerprint density at radius 1 is 1.24 bits per heavy atom. The van der Waals surface area contributed by atoms with Gasteiger partial charge in [-0.2, -0.15) is 11.8 Å². The smallest absolute Gasteiger partial charge is 0.408 e. The van der Waals surface area contributed by atoms with Crippen molar-refractivity contribution in [2.24, 2.45) is 0 Å². The Bertz CT molecular complexity index is 401. The number of hydrogen-bond donors (Lipinski definition) is 1. The van der Waals surface area contributed by atoms with Crippen molar-refractivity contribution in [2.75, 3.05) is 32.4 Å². The molecule has 9 heteroatoms. The van der Waals surface area contributed by atoms with E-state index in [0.717, 1.165) is 0 Å². The van der Waals surface area contributed by atoms with Crippen LogP contribution in [-0.4, -0.2) is 55.9 Å². The van der Waals surface area contributed by atoms with Crippen LogP contribution < -0.4 is 5.32 Å². The van der Waals surface area contributed by atoms with Gasteiger partial charge in [0.25, 0.3) is 0 Å². The summed E-state index contributed by atoms with van der Waals surface area (Å²) in [5.74, 6) is -0.0897. The van der Waals surface area contributed by atoms with E-state index in [1.807, 2.05) is 0 Å². The summed E-state index contributed by atoms with van der Waals surface area (Å²) in [7, 11) is -1.03. The number of ether oxygens (including phenoxy) is 1. The molecule has 0 spiro atoms. The maximum Gasteiger partial charge on any atom is 0.408 e. The molecule has 124 valence electrons. The molecule has 0 rings (SSSR count). The molecule has 0 aliphatic rings. The molecule has 0 aromatic heterocycles. The number of hydrogen-bond acceptors (Lipinski definition) is 7. The van der Waals surface area contributed by atoms with Crippen molar-refractivity contribution in [3.63, 3.8) is 0 Å². The van der Waals surface area contributed by atoms with E-state index in [-0.39, 0.29) is 0 Å². The average Bonchev–Trinajstić information content (AvgIpc) is 2.35. The van der Waals surface area contributed by atoms with Gasteiger partial charge in [0.1, 0.15) is 17.8 Å². The van der Waals surface area contributed by atoms with Gasteiger partial charge in [0.2, 0.25) is 0 Å². The van der Waals surface area contributed by atoms with Crippen LogP contribution in [0.4, 0.5) is 4.79 Å². The molecule has 0 aliphatic carbocycles. The van der Waals surface area contributed by atoms with E-state index in [0.29, 0.717) is 5.75 Å². The van der Waals surface area contributed by atoms with Crippen LogP contribution in [0.3, 0.4) is 0 Å². The number of amides is 1. The maximum absolute atomic E-state index is 12.2. The zero-order valence-electron chi connectivity index (χ0n) is 13.3. The van der Waals surface area contributed by atoms with Crippen molar-refractivity contribution in [3.8, 4) is 0 Å². The molecule has 0 aromatic rings. The van der Waals surface area contributed by atoms with Crippen LogP contribution in [0.1, 0.15) is 20.8 Å². The highest BCUT2D eigenvalue weighted by atomic mass is 32.2. The van der Waals surface area contributed by atoms with E-state index < -0.39 is 37.3 Å². The summed E-state index contributed by atoms with van der Waals surface area (Å²) >= 11 is 1.38. The highest BCUT2D eigenvalue weighted by Gasteiger charge is 2.31. The summed E-state index contributed by atoms with van der Waals surface area (Å²) in [6, 6.07) is -0.812. The van der Waals surface area contributed by atoms with E-state index >= 15 is 0 Å². The first kappa shape index (κ1) is 20.4. The summed E-state index contributed by atoms with van der Waals surface area (Å²) < 4.78 is 26.5. The summed E-state index contributed by atoms with van der Waals surface area (Å²) in [5, 5.41) is 2.48. The molecule has 0 bridgehead atoms. The summed E-state index contributed by atoms with van der Waals surface area (Å²) in [6.07, 6.45) is 0.698. The van der Waals surface area contributed by atoms with Crippen molar-refractivity contribution in [1.82, 2.24) is 5.32 Å². The fourth-order valence-corrected chi connectivity index (χ4v) is 2.95. The molecule has 0 aliphatic heterocycles. The Hall–Kier alpha value is -0.560. The Labute approximate surface area is 130 Å². The topological polar surface area (TPSA) is 90.9 Å². The summed E-state index contributed by atoms with van der Waals surface area (Å²) in [5.41, 5.74) is -0.661. The lowest BCUT2D eigenvalue weighted by Crippen LogP contribution is -2.46. The van der Waals surface area contributed by atoms with Gasteiger partial charge >= 0.3 is 13.7 Å². The monoisotopic (exact) mass is 341 g/mol. The molecule has 1 atom stereocenters. The molecule has 1 amide bonds. The standard InChI is InChI=1S/C12H24NO6PS/c1-12(2,3)19-11(15)13-9(8-21-6)10(14)7-20(16,17-4)18-5/h9H,7-8H2,1-6H3,(H,13,15)/t9-/m0/s1. The number of nitrogens with one attached hydrogen (secondary N) is 1. The first-order valence-electron chi connectivity index (χ1n) is 6.28. The Morgan fingerprint density at radius 3 is 2.14 bits per heavy atom. The SMILES string of the molecule is COP(=O)(CC(=O)[C@H](CSC)NC(=O)OC(C)(C)C)OC. The number of thioether (sulfide) groups is 1. The number of carbonyl (C=O) groups is 2. The van der Waals surface area contributed by atoms with Crippen LogP contribution in [0.25, 0.3) is 0 Å². The molecule has 0 saturated heterocycles. The number of alkyl carbamates (subject to hydrolysis) is 1. The zero-order chi connectivity index (χ0) is 16.7. The number of carbonyl (C=O) groups excluding carboxylic acids is 2. The third-order valence-corrected chi connectivity index (χ3v) is 4.80. The molecule has 0 unspecified atom stereocenters. The van der Waals surface area contributed by atoms with Gasteiger partial charge in [0.05, 0.1) is 0 Å². The predicted octanol–water partition coefficient (Wildman–Crippen LogP) is 2.30. The van der Waals surface area contributed by atoms with E-state index in [9.17, 15) is 14.2 Å². The van der Waals surface area contributed by atoms with Crippen molar-refractivity contribution in [1.29, 1.82) is 0 Å². The van der Waals surface area contributed by atoms with Crippen molar-refractivity contribution < 1.29 is 27.9 Å². The van der Waals surface area contributed by atoms with Crippen LogP contribution in [0.5, 0.6) is 0 Å². The largest absolute Gasteiger partial charge is 0.444 e. The second kappa shape index (κ2) is 8.78. The second-order valence-electron chi connectivity index (χ2n) is 5.25. The predicted molar refractivity (Wildman–Crippen MR) is 83.0 cm³/mol. The average molecular weight is 341 g/mol. The molecule has 7 nitrogen and oxygen atoms in total. The molecule has 21 heavy (non-hydrogen) atoms. The number of ketones is 1. The van der Waals surface area contributed by atoms with Gasteiger partial charge in [-0.25, -0.2) is 4.79 Å². The zero-order valence-corrected chi connectivity index (χ0v) is 15.0. The fraction of sp³-hybridized carbons (Fsp3) is 0.833. The molecule has 0 heterocycles. The van der Waals surface area contributed by atoms with E-state index in [4.69, 9.17) is 13.8 Å². The van der Waals surface area contributed by atoms with Gasteiger partial charge in [-0.05, 0) is 27.0 Å². The first-order chi connectivity index (χ1) is 9.56. The number of rotatable bonds is 8. The third-order valence-electron chi connectivity index (χ3n) is 2.32. The van der Waals surface area contributed by atoms with Crippen molar-refractivity contribution in [3.05, 3.63) is 0 Å². The van der Waals surface area contributed by atoms with Gasteiger partial charge in [0.15, 0.2) is 5.78 Å². The van der Waals surface area contributed by atoms with Crippen molar-refractivity contribution >= 4 is 31.2 Å². The number of Topliss-reactive ketones (excluding diaryl/α,β-unsaturated/α-hetero) is 1. The lowest BCUT2D eigenvalue weighted by atomic mass is 10.2. The molecule has 0 saturated carbocycles. The second-order valence-corrected chi connectivity index (χ2v) is 8.43. The van der Waals surface area contributed by atoms with Crippen molar-refractivity contribution in [2.45, 2.75) is 32.4 Å². The minimum absolute atomic E-state index is 0.339. The lowest BCUT2D eigenvalue weighted by molar-refractivity contribution is -0.118. The lowest BCUT2D eigenvalue weighted by Gasteiger charge is -2.23. The maximum atomic E-state index is 12.2. The molecule has 0 fully saturated rings. The van der Waals surface area contributed by atoms with E-state index in [1.165, 1.54) is 26.0 Å². The summed E-state index contributed by atoms with van der Waals surface area (Å²) in [6.45, 7) is 5.17. The van der Waals surface area contributed by atoms with Gasteiger partial charge in [0, 0.05) is 20.0 Å². The normalized spacial score (nSPS) is 13.6. The van der Waals surface area contributed by atoms with Crippen LogP contribution in [0.2, 0.25) is 0 Å². The molecule has 0 radical (unpaired) electrons. The molecule has 1 N–H and O–H groups in total. The molecular weight excluding hydrogens is 317 g/mol. The molecule has 0 aromatic carbocycles. The highest BCUT2D eigenvalue weighted by Crippen LogP contribution is 2.46. The van der Waals surface area contributed by atoms with E-state index in [1.54, 1.807) is 27.0 Å². The fourth-order valence-electron chi connectivity index (χ4n) is 1.34. The minimum atomic E-state index is -3.45.